The van der Waals surface area contributed by atoms with Gasteiger partial charge in [-0.25, -0.2) is 8.42 Å². The lowest BCUT2D eigenvalue weighted by atomic mass is 10.00. The Balaban J connectivity index is 1.76. The van der Waals surface area contributed by atoms with Crippen molar-refractivity contribution in [3.63, 3.8) is 0 Å². The van der Waals surface area contributed by atoms with E-state index in [-0.39, 0.29) is 10.8 Å². The van der Waals surface area contributed by atoms with Crippen LogP contribution in [0.1, 0.15) is 15.9 Å². The molecule has 136 valence electrons. The molecule has 5 nitrogen and oxygen atoms in total. The average molecular weight is 378 g/mol. The summed E-state index contributed by atoms with van der Waals surface area (Å²) in [5.41, 5.74) is 4.18. The fraction of sp³-hybridized carbons (Fsp3) is 0.0952. The molecular formula is C21H18N2O3S. The van der Waals surface area contributed by atoms with Gasteiger partial charge in [-0.2, -0.15) is 0 Å². The highest BCUT2D eigenvalue weighted by Gasteiger charge is 2.32. The normalized spacial score (nSPS) is 14.2. The molecule has 0 atom stereocenters. The number of hydrogen-bond donors (Lipinski definition) is 1. The van der Waals surface area contributed by atoms with E-state index in [0.717, 1.165) is 11.1 Å². The van der Waals surface area contributed by atoms with Crippen LogP contribution in [0.2, 0.25) is 0 Å². The maximum atomic E-state index is 12.7. The van der Waals surface area contributed by atoms with Gasteiger partial charge in [0.2, 0.25) is 0 Å². The summed E-state index contributed by atoms with van der Waals surface area (Å²) in [5, 5.41) is 2.87. The van der Waals surface area contributed by atoms with Gasteiger partial charge in [0.1, 0.15) is 0 Å². The van der Waals surface area contributed by atoms with Gasteiger partial charge in [0, 0.05) is 29.4 Å². The lowest BCUT2D eigenvalue weighted by Gasteiger charge is -2.29. The third-order valence-corrected chi connectivity index (χ3v) is 6.55. The number of anilines is 2. The Morgan fingerprint density at radius 1 is 0.926 bits per heavy atom. The van der Waals surface area contributed by atoms with Gasteiger partial charge in [-0.3, -0.25) is 9.10 Å². The number of aryl methyl sites for hydroxylation is 1. The van der Waals surface area contributed by atoms with Crippen LogP contribution in [0.15, 0.2) is 71.6 Å². The summed E-state index contributed by atoms with van der Waals surface area (Å²) >= 11 is 0. The van der Waals surface area contributed by atoms with Crippen LogP contribution in [0, 0.1) is 6.92 Å². The molecule has 0 radical (unpaired) electrons. The van der Waals surface area contributed by atoms with E-state index in [1.165, 1.54) is 11.4 Å². The Kier molecular flexibility index (Phi) is 4.00. The molecule has 3 aromatic carbocycles. The molecule has 0 saturated carbocycles. The summed E-state index contributed by atoms with van der Waals surface area (Å²) in [6, 6.07) is 19.5. The van der Waals surface area contributed by atoms with Gasteiger partial charge in [-0.1, -0.05) is 35.9 Å². The van der Waals surface area contributed by atoms with E-state index in [1.807, 2.05) is 31.2 Å². The topological polar surface area (TPSA) is 66.5 Å². The summed E-state index contributed by atoms with van der Waals surface area (Å²) < 4.78 is 26.7. The number of fused-ring (bicyclic) bond motifs is 3. The summed E-state index contributed by atoms with van der Waals surface area (Å²) in [4.78, 5) is 12.9. The lowest BCUT2D eigenvalue weighted by molar-refractivity contribution is 0.102. The number of sulfonamides is 1. The van der Waals surface area contributed by atoms with E-state index >= 15 is 0 Å². The molecule has 0 saturated heterocycles. The molecule has 1 aliphatic rings. The van der Waals surface area contributed by atoms with Crippen molar-refractivity contribution in [1.82, 2.24) is 0 Å². The molecule has 4 rings (SSSR count). The molecule has 0 fully saturated rings. The molecule has 1 aliphatic heterocycles. The van der Waals surface area contributed by atoms with E-state index in [2.05, 4.69) is 5.32 Å². The third kappa shape index (κ3) is 2.88. The van der Waals surface area contributed by atoms with E-state index in [9.17, 15) is 13.2 Å². The Morgan fingerprint density at radius 3 is 2.37 bits per heavy atom. The fourth-order valence-corrected chi connectivity index (χ4v) is 4.62. The highest BCUT2D eigenvalue weighted by atomic mass is 32.2. The van der Waals surface area contributed by atoms with Crippen molar-refractivity contribution in [2.75, 3.05) is 16.7 Å². The van der Waals surface area contributed by atoms with Crippen LogP contribution in [0.5, 0.6) is 0 Å². The summed E-state index contributed by atoms with van der Waals surface area (Å²) in [6.07, 6.45) is 0. The van der Waals surface area contributed by atoms with Crippen molar-refractivity contribution in [2.24, 2.45) is 0 Å². The predicted octanol–water partition coefficient (Wildman–Crippen LogP) is 4.05. The summed E-state index contributed by atoms with van der Waals surface area (Å²) in [5.74, 6) is -0.241. The zero-order valence-electron chi connectivity index (χ0n) is 14.9. The summed E-state index contributed by atoms with van der Waals surface area (Å²) in [7, 11) is -2.06. The average Bonchev–Trinajstić information content (AvgIpc) is 2.68. The van der Waals surface area contributed by atoms with Crippen molar-refractivity contribution in [1.29, 1.82) is 0 Å². The van der Waals surface area contributed by atoms with Crippen LogP contribution in [-0.2, 0) is 10.0 Å². The predicted molar refractivity (Wildman–Crippen MR) is 107 cm³/mol. The van der Waals surface area contributed by atoms with Crippen molar-refractivity contribution < 1.29 is 13.2 Å². The van der Waals surface area contributed by atoms with Gasteiger partial charge in [-0.05, 0) is 43.3 Å². The highest BCUT2D eigenvalue weighted by Crippen LogP contribution is 2.42. The van der Waals surface area contributed by atoms with Crippen LogP contribution in [0.4, 0.5) is 11.4 Å². The first-order chi connectivity index (χ1) is 12.9. The van der Waals surface area contributed by atoms with Crippen LogP contribution >= 0.6 is 0 Å². The van der Waals surface area contributed by atoms with Crippen molar-refractivity contribution in [2.45, 2.75) is 11.8 Å². The maximum Gasteiger partial charge on any atom is 0.264 e. The SMILES string of the molecule is Cc1ccc(NC(=O)c2ccc3c(c2)-c2ccccc2S(=O)(=O)N3C)cc1. The van der Waals surface area contributed by atoms with Crippen LogP contribution in [0.25, 0.3) is 11.1 Å². The molecule has 1 N–H and O–H groups in total. The molecular weight excluding hydrogens is 360 g/mol. The number of amides is 1. The molecule has 0 aromatic heterocycles. The molecule has 0 unspecified atom stereocenters. The van der Waals surface area contributed by atoms with Gasteiger partial charge in [0.25, 0.3) is 15.9 Å². The van der Waals surface area contributed by atoms with Crippen LogP contribution in [0.3, 0.4) is 0 Å². The lowest BCUT2D eigenvalue weighted by Crippen LogP contribution is -2.30. The number of benzene rings is 3. The fourth-order valence-electron chi connectivity index (χ4n) is 3.20. The largest absolute Gasteiger partial charge is 0.322 e. The van der Waals surface area contributed by atoms with E-state index < -0.39 is 10.0 Å². The monoisotopic (exact) mass is 378 g/mol. The second-order valence-electron chi connectivity index (χ2n) is 6.52. The number of rotatable bonds is 2. The van der Waals surface area contributed by atoms with Crippen LogP contribution < -0.4 is 9.62 Å². The van der Waals surface area contributed by atoms with E-state index in [0.29, 0.717) is 22.5 Å². The summed E-state index contributed by atoms with van der Waals surface area (Å²) in [6.45, 7) is 1.98. The molecule has 6 heteroatoms. The first-order valence-corrected chi connectivity index (χ1v) is 9.92. The molecule has 3 aromatic rings. The van der Waals surface area contributed by atoms with E-state index in [4.69, 9.17) is 0 Å². The zero-order valence-corrected chi connectivity index (χ0v) is 15.7. The molecule has 0 aliphatic carbocycles. The minimum atomic E-state index is -3.59. The van der Waals surface area contributed by atoms with Gasteiger partial charge >= 0.3 is 0 Å². The number of carbonyl (C=O) groups is 1. The maximum absolute atomic E-state index is 12.7. The Morgan fingerprint density at radius 2 is 1.63 bits per heavy atom. The van der Waals surface area contributed by atoms with Gasteiger partial charge < -0.3 is 5.32 Å². The molecule has 0 spiro atoms. The zero-order chi connectivity index (χ0) is 19.2. The standard InChI is InChI=1S/C21H18N2O3S/c1-14-7-10-16(11-8-14)22-21(24)15-9-12-19-18(13-15)17-5-3-4-6-20(17)27(25,26)23(19)2/h3-13H,1-2H3,(H,22,24). The van der Waals surface area contributed by atoms with Crippen molar-refractivity contribution >= 4 is 27.3 Å². The number of nitrogens with one attached hydrogen (secondary N) is 1. The molecule has 27 heavy (non-hydrogen) atoms. The highest BCUT2D eigenvalue weighted by molar-refractivity contribution is 7.93. The van der Waals surface area contributed by atoms with Crippen LogP contribution in [-0.4, -0.2) is 21.4 Å². The number of nitrogens with zero attached hydrogens (tertiary/aromatic N) is 1. The molecule has 1 heterocycles. The van der Waals surface area contributed by atoms with Gasteiger partial charge in [0.15, 0.2) is 0 Å². The Labute approximate surface area is 158 Å². The number of hydrogen-bond acceptors (Lipinski definition) is 3. The van der Waals surface area contributed by atoms with Crippen molar-refractivity contribution in [3.05, 3.63) is 77.9 Å². The Hall–Kier alpha value is -3.12. The second kappa shape index (κ2) is 6.25. The quantitative estimate of drug-likeness (QED) is 0.731. The smallest absolute Gasteiger partial charge is 0.264 e. The van der Waals surface area contributed by atoms with Gasteiger partial charge in [0.05, 0.1) is 10.6 Å². The first-order valence-electron chi connectivity index (χ1n) is 8.48. The minimum absolute atomic E-state index is 0.241. The Bertz CT molecular complexity index is 1150. The molecule has 0 bridgehead atoms. The van der Waals surface area contributed by atoms with E-state index in [1.54, 1.807) is 42.5 Å². The minimum Gasteiger partial charge on any atom is -0.322 e. The second-order valence-corrected chi connectivity index (χ2v) is 8.46. The molecule has 1 amide bonds. The van der Waals surface area contributed by atoms with Gasteiger partial charge in [-0.15, -0.1) is 0 Å². The third-order valence-electron chi connectivity index (χ3n) is 4.72. The van der Waals surface area contributed by atoms with Crippen molar-refractivity contribution in [3.8, 4) is 11.1 Å². The number of carbonyl (C=O) groups excluding carboxylic acids is 1. The first kappa shape index (κ1) is 17.3.